The minimum atomic E-state index is 0.493. The molecule has 3 nitrogen and oxygen atoms in total. The molecule has 0 atom stereocenters. The Hall–Kier alpha value is -1.89. The molecule has 1 N–H and O–H groups in total. The van der Waals surface area contributed by atoms with Crippen LogP contribution in [0.4, 0.5) is 0 Å². The van der Waals surface area contributed by atoms with E-state index in [0.29, 0.717) is 22.5 Å². The van der Waals surface area contributed by atoms with Gasteiger partial charge in [-0.1, -0.05) is 66.0 Å². The summed E-state index contributed by atoms with van der Waals surface area (Å²) in [7, 11) is 0. The van der Waals surface area contributed by atoms with E-state index < -0.39 is 0 Å². The molecule has 0 unspecified atom stereocenters. The Labute approximate surface area is 162 Å². The van der Waals surface area contributed by atoms with Crippen LogP contribution in [0, 0.1) is 6.92 Å². The molecule has 1 aliphatic rings. The molecular formula is C19H17NO2S3. The molecule has 128 valence electrons. The molecule has 2 aromatic rings. The highest BCUT2D eigenvalue weighted by Crippen LogP contribution is 2.27. The van der Waals surface area contributed by atoms with Crippen molar-refractivity contribution in [2.24, 2.45) is 0 Å². The fraction of sp³-hybridized carbons (Fsp3) is 0.158. The maximum Gasteiger partial charge on any atom is 0.143 e. The van der Waals surface area contributed by atoms with Crippen LogP contribution in [0.15, 0.2) is 53.4 Å². The number of aryl methyl sites for hydroxylation is 1. The summed E-state index contributed by atoms with van der Waals surface area (Å²) in [4.78, 5) is 1.66. The summed E-state index contributed by atoms with van der Waals surface area (Å²) in [5, 5.41) is 2.97. The predicted molar refractivity (Wildman–Crippen MR) is 113 cm³/mol. The van der Waals surface area contributed by atoms with Gasteiger partial charge in [-0.3, -0.25) is 0 Å². The van der Waals surface area contributed by atoms with Gasteiger partial charge < -0.3 is 14.8 Å². The van der Waals surface area contributed by atoms with E-state index >= 15 is 0 Å². The lowest BCUT2D eigenvalue weighted by molar-refractivity contribution is 0.217. The Bertz CT molecular complexity index is 798. The van der Waals surface area contributed by atoms with Crippen LogP contribution in [0.3, 0.4) is 0 Å². The average molecular weight is 388 g/mol. The van der Waals surface area contributed by atoms with Crippen LogP contribution in [0.5, 0.6) is 11.5 Å². The molecule has 2 aromatic carbocycles. The van der Waals surface area contributed by atoms with Gasteiger partial charge in [0.25, 0.3) is 0 Å². The lowest BCUT2D eigenvalue weighted by Crippen LogP contribution is -2.15. The summed E-state index contributed by atoms with van der Waals surface area (Å²) < 4.78 is 12.0. The number of thioether (sulfide) groups is 1. The quantitative estimate of drug-likeness (QED) is 0.438. The summed E-state index contributed by atoms with van der Waals surface area (Å²) in [5.74, 6) is 1.66. The summed E-state index contributed by atoms with van der Waals surface area (Å²) in [5.41, 5.74) is 2.27. The Morgan fingerprint density at radius 2 is 1.48 bits per heavy atom. The van der Waals surface area contributed by atoms with Crippen molar-refractivity contribution in [3.8, 4) is 11.5 Å². The smallest absolute Gasteiger partial charge is 0.143 e. The third kappa shape index (κ3) is 5.29. The average Bonchev–Trinajstić information content (AvgIpc) is 2.92. The first kappa shape index (κ1) is 17.9. The highest BCUT2D eigenvalue weighted by Gasteiger charge is 2.18. The molecule has 0 radical (unpaired) electrons. The van der Waals surface area contributed by atoms with E-state index in [1.165, 1.54) is 17.3 Å². The summed E-state index contributed by atoms with van der Waals surface area (Å²) in [6.45, 7) is 3.05. The van der Waals surface area contributed by atoms with Gasteiger partial charge in [-0.05, 0) is 42.8 Å². The van der Waals surface area contributed by atoms with Gasteiger partial charge in [0, 0.05) is 4.91 Å². The van der Waals surface area contributed by atoms with Gasteiger partial charge >= 0.3 is 0 Å². The normalized spacial score (nSPS) is 15.3. The maximum absolute atomic E-state index is 5.70. The molecule has 6 heteroatoms. The minimum Gasteiger partial charge on any atom is -0.490 e. The van der Waals surface area contributed by atoms with Crippen LogP contribution >= 0.6 is 36.2 Å². The van der Waals surface area contributed by atoms with Gasteiger partial charge in [-0.2, -0.15) is 0 Å². The van der Waals surface area contributed by atoms with Crippen LogP contribution in [0.25, 0.3) is 6.08 Å². The van der Waals surface area contributed by atoms with Gasteiger partial charge in [0.1, 0.15) is 34.0 Å². The van der Waals surface area contributed by atoms with Gasteiger partial charge in [-0.15, -0.1) is 0 Å². The lowest BCUT2D eigenvalue weighted by atomic mass is 10.2. The maximum atomic E-state index is 5.70. The topological polar surface area (TPSA) is 30.5 Å². The number of thiocarbonyl (C=S) groups is 2. The number of nitrogens with one attached hydrogen (secondary N) is 1. The number of rotatable bonds is 6. The Morgan fingerprint density at radius 1 is 0.920 bits per heavy atom. The summed E-state index contributed by atoms with van der Waals surface area (Å²) >= 11 is 11.8. The number of hydrogen-bond donors (Lipinski definition) is 1. The van der Waals surface area contributed by atoms with E-state index in [1.54, 1.807) is 0 Å². The van der Waals surface area contributed by atoms with Crippen molar-refractivity contribution in [3.05, 3.63) is 64.6 Å². The number of benzene rings is 2. The SMILES string of the molecule is Cc1ccc(OCCOc2ccc(/C=C3/SC(=S)NC3=S)cc2)cc1. The molecule has 1 fully saturated rings. The molecule has 0 aromatic heterocycles. The Morgan fingerprint density at radius 3 is 2.00 bits per heavy atom. The molecule has 0 bridgehead atoms. The van der Waals surface area contributed by atoms with Crippen molar-refractivity contribution in [3.63, 3.8) is 0 Å². The van der Waals surface area contributed by atoms with Gasteiger partial charge in [-0.25, -0.2) is 0 Å². The van der Waals surface area contributed by atoms with E-state index in [2.05, 4.69) is 12.2 Å². The Balaban J connectivity index is 1.48. The predicted octanol–water partition coefficient (Wildman–Crippen LogP) is 4.74. The van der Waals surface area contributed by atoms with Crippen molar-refractivity contribution in [1.29, 1.82) is 0 Å². The van der Waals surface area contributed by atoms with Crippen molar-refractivity contribution in [1.82, 2.24) is 5.32 Å². The minimum absolute atomic E-state index is 0.493. The van der Waals surface area contributed by atoms with Crippen molar-refractivity contribution < 1.29 is 9.47 Å². The molecule has 0 saturated carbocycles. The molecule has 1 heterocycles. The lowest BCUT2D eigenvalue weighted by Gasteiger charge is -2.09. The summed E-state index contributed by atoms with van der Waals surface area (Å²) in [6.07, 6.45) is 2.02. The van der Waals surface area contributed by atoms with Crippen LogP contribution in [0.2, 0.25) is 0 Å². The van der Waals surface area contributed by atoms with Gasteiger partial charge in [0.15, 0.2) is 0 Å². The van der Waals surface area contributed by atoms with Crippen LogP contribution in [-0.4, -0.2) is 22.5 Å². The third-order valence-corrected chi connectivity index (χ3v) is 5.09. The fourth-order valence-corrected chi connectivity index (χ4v) is 3.66. The van der Waals surface area contributed by atoms with Gasteiger partial charge in [0.2, 0.25) is 0 Å². The zero-order chi connectivity index (χ0) is 17.6. The highest BCUT2D eigenvalue weighted by molar-refractivity contribution is 8.27. The molecule has 0 amide bonds. The van der Waals surface area contributed by atoms with Crippen LogP contribution in [-0.2, 0) is 0 Å². The van der Waals surface area contributed by atoms with Crippen LogP contribution in [0.1, 0.15) is 11.1 Å². The molecule has 0 spiro atoms. The van der Waals surface area contributed by atoms with E-state index in [0.717, 1.165) is 22.0 Å². The second kappa shape index (κ2) is 8.47. The molecule has 1 aliphatic heterocycles. The molecule has 3 rings (SSSR count). The van der Waals surface area contributed by atoms with E-state index in [9.17, 15) is 0 Å². The second-order valence-corrected chi connectivity index (χ2v) is 7.56. The van der Waals surface area contributed by atoms with Crippen molar-refractivity contribution in [2.75, 3.05) is 13.2 Å². The van der Waals surface area contributed by atoms with Crippen molar-refractivity contribution >= 4 is 51.6 Å². The molecule has 0 aliphatic carbocycles. The molecule has 25 heavy (non-hydrogen) atoms. The zero-order valence-corrected chi connectivity index (χ0v) is 16.1. The monoisotopic (exact) mass is 387 g/mol. The first-order valence-corrected chi connectivity index (χ1v) is 9.41. The molecular weight excluding hydrogens is 370 g/mol. The Kier molecular flexibility index (Phi) is 6.07. The first-order valence-electron chi connectivity index (χ1n) is 7.77. The van der Waals surface area contributed by atoms with Crippen LogP contribution < -0.4 is 14.8 Å². The molecule has 1 saturated heterocycles. The first-order chi connectivity index (χ1) is 12.1. The van der Waals surface area contributed by atoms with E-state index in [1.807, 2.05) is 54.6 Å². The fourth-order valence-electron chi connectivity index (χ4n) is 2.19. The number of ether oxygens (including phenoxy) is 2. The van der Waals surface area contributed by atoms with E-state index in [4.69, 9.17) is 33.9 Å². The largest absolute Gasteiger partial charge is 0.490 e. The standard InChI is InChI=1S/C19H17NO2S3/c1-13-2-6-15(7-3-13)21-10-11-22-16-8-4-14(5-9-16)12-17-18(23)20-19(24)25-17/h2-9,12H,10-11H2,1H3,(H,20,23,24)/b17-12+. The number of hydrogen-bond acceptors (Lipinski definition) is 5. The highest BCUT2D eigenvalue weighted by atomic mass is 32.2. The third-order valence-electron chi connectivity index (χ3n) is 3.46. The van der Waals surface area contributed by atoms with E-state index in [-0.39, 0.29) is 0 Å². The van der Waals surface area contributed by atoms with Gasteiger partial charge in [0.05, 0.1) is 0 Å². The summed E-state index contributed by atoms with van der Waals surface area (Å²) in [6, 6.07) is 15.8. The second-order valence-electron chi connectivity index (χ2n) is 5.43. The zero-order valence-electron chi connectivity index (χ0n) is 13.7. The van der Waals surface area contributed by atoms with Crippen molar-refractivity contribution in [2.45, 2.75) is 6.92 Å².